The van der Waals surface area contributed by atoms with Crippen LogP contribution in [-0.4, -0.2) is 24.0 Å². The molecule has 92 valence electrons. The number of methoxy groups -OCH3 is 1. The van der Waals surface area contributed by atoms with Crippen molar-refractivity contribution in [1.82, 2.24) is 0 Å². The Morgan fingerprint density at radius 1 is 1.59 bits per heavy atom. The molecule has 0 unspecified atom stereocenters. The van der Waals surface area contributed by atoms with Crippen molar-refractivity contribution >= 4 is 33.3 Å². The van der Waals surface area contributed by atoms with Crippen LogP contribution in [0.2, 0.25) is 0 Å². The van der Waals surface area contributed by atoms with E-state index in [9.17, 15) is 14.9 Å². The molecule has 0 heterocycles. The summed E-state index contributed by atoms with van der Waals surface area (Å²) in [7, 11) is 1.26. The van der Waals surface area contributed by atoms with Gasteiger partial charge in [0, 0.05) is 10.5 Å². The van der Waals surface area contributed by atoms with Crippen LogP contribution in [0.25, 0.3) is 0 Å². The van der Waals surface area contributed by atoms with Gasteiger partial charge in [-0.05, 0) is 19.1 Å². The van der Waals surface area contributed by atoms with Crippen molar-refractivity contribution in [3.8, 4) is 0 Å². The van der Waals surface area contributed by atoms with Gasteiger partial charge in [0.25, 0.3) is 5.69 Å². The van der Waals surface area contributed by atoms with E-state index in [1.807, 2.05) is 0 Å². The van der Waals surface area contributed by atoms with Gasteiger partial charge < -0.3 is 10.1 Å². The van der Waals surface area contributed by atoms with Crippen molar-refractivity contribution in [2.45, 2.75) is 13.0 Å². The predicted molar refractivity (Wildman–Crippen MR) is 65.9 cm³/mol. The molecule has 6 nitrogen and oxygen atoms in total. The third kappa shape index (κ3) is 3.42. The maximum Gasteiger partial charge on any atom is 0.327 e. The first kappa shape index (κ1) is 13.4. The highest BCUT2D eigenvalue weighted by molar-refractivity contribution is 9.10. The lowest BCUT2D eigenvalue weighted by molar-refractivity contribution is -0.384. The van der Waals surface area contributed by atoms with Crippen molar-refractivity contribution in [3.63, 3.8) is 0 Å². The molecule has 0 bridgehead atoms. The number of nitro groups is 1. The molecule has 0 aliphatic carbocycles. The monoisotopic (exact) mass is 302 g/mol. The molecule has 0 saturated carbocycles. The Hall–Kier alpha value is -1.63. The van der Waals surface area contributed by atoms with Crippen LogP contribution < -0.4 is 5.32 Å². The van der Waals surface area contributed by atoms with Crippen LogP contribution in [0.1, 0.15) is 6.92 Å². The van der Waals surface area contributed by atoms with E-state index in [1.165, 1.54) is 19.2 Å². The lowest BCUT2D eigenvalue weighted by Crippen LogP contribution is -2.27. The quantitative estimate of drug-likeness (QED) is 0.524. The second-order valence-corrected chi connectivity index (χ2v) is 4.22. The van der Waals surface area contributed by atoms with E-state index in [-0.39, 0.29) is 11.4 Å². The summed E-state index contributed by atoms with van der Waals surface area (Å²) in [5.41, 5.74) is 0.172. The third-order valence-electron chi connectivity index (χ3n) is 2.08. The average Bonchev–Trinajstić information content (AvgIpc) is 2.27. The first-order valence-corrected chi connectivity index (χ1v) is 5.53. The van der Waals surface area contributed by atoms with Crippen LogP contribution >= 0.6 is 15.9 Å². The van der Waals surface area contributed by atoms with Gasteiger partial charge in [-0.15, -0.1) is 0 Å². The zero-order valence-corrected chi connectivity index (χ0v) is 10.9. The van der Waals surface area contributed by atoms with Crippen molar-refractivity contribution < 1.29 is 14.5 Å². The van der Waals surface area contributed by atoms with Crippen LogP contribution in [0.5, 0.6) is 0 Å². The number of nitrogens with one attached hydrogen (secondary N) is 1. The molecule has 1 rings (SSSR count). The summed E-state index contributed by atoms with van der Waals surface area (Å²) in [6.45, 7) is 1.57. The van der Waals surface area contributed by atoms with Gasteiger partial charge in [-0.3, -0.25) is 10.1 Å². The number of anilines is 1. The number of esters is 1. The topological polar surface area (TPSA) is 81.5 Å². The smallest absolute Gasteiger partial charge is 0.327 e. The highest BCUT2D eigenvalue weighted by atomic mass is 79.9. The Labute approximate surface area is 106 Å². The van der Waals surface area contributed by atoms with Crippen molar-refractivity contribution in [2.75, 3.05) is 12.4 Å². The third-order valence-corrected chi connectivity index (χ3v) is 2.58. The molecule has 1 aromatic rings. The molecule has 7 heteroatoms. The molecule has 0 saturated heterocycles. The summed E-state index contributed by atoms with van der Waals surface area (Å²) in [6.07, 6.45) is 0. The Morgan fingerprint density at radius 3 is 2.76 bits per heavy atom. The van der Waals surface area contributed by atoms with Gasteiger partial charge in [0.2, 0.25) is 0 Å². The average molecular weight is 303 g/mol. The first-order valence-electron chi connectivity index (χ1n) is 4.74. The molecule has 0 aliphatic rings. The second kappa shape index (κ2) is 5.62. The standard InChI is InChI=1S/C10H11BrN2O4/c1-6(10(14)17-2)12-8-5-7(11)3-4-9(8)13(15)16/h3-6,12H,1-2H3/t6-/m0/s1. The first-order chi connectivity index (χ1) is 7.95. The summed E-state index contributed by atoms with van der Waals surface area (Å²) < 4.78 is 5.21. The zero-order valence-electron chi connectivity index (χ0n) is 9.27. The Kier molecular flexibility index (Phi) is 4.45. The number of carbonyl (C=O) groups is 1. The fourth-order valence-corrected chi connectivity index (χ4v) is 1.61. The Balaban J connectivity index is 3.00. The van der Waals surface area contributed by atoms with E-state index >= 15 is 0 Å². The highest BCUT2D eigenvalue weighted by Crippen LogP contribution is 2.28. The van der Waals surface area contributed by atoms with Crippen LogP contribution in [-0.2, 0) is 9.53 Å². The SMILES string of the molecule is COC(=O)[C@H](C)Nc1cc(Br)ccc1[N+](=O)[O-]. The van der Waals surface area contributed by atoms with E-state index in [1.54, 1.807) is 13.0 Å². The minimum Gasteiger partial charge on any atom is -0.467 e. The van der Waals surface area contributed by atoms with E-state index in [2.05, 4.69) is 26.0 Å². The molecule has 0 fully saturated rings. The number of nitro benzene ring substituents is 1. The van der Waals surface area contributed by atoms with Gasteiger partial charge >= 0.3 is 5.97 Å². The minimum atomic E-state index is -0.659. The summed E-state index contributed by atoms with van der Waals surface area (Å²) in [5, 5.41) is 13.5. The van der Waals surface area contributed by atoms with Gasteiger partial charge in [0.15, 0.2) is 0 Å². The van der Waals surface area contributed by atoms with Crippen molar-refractivity contribution in [3.05, 3.63) is 32.8 Å². The molecule has 1 atom stereocenters. The van der Waals surface area contributed by atoms with Gasteiger partial charge in [-0.2, -0.15) is 0 Å². The second-order valence-electron chi connectivity index (χ2n) is 3.31. The maximum atomic E-state index is 11.2. The van der Waals surface area contributed by atoms with Gasteiger partial charge in [-0.1, -0.05) is 15.9 Å². The van der Waals surface area contributed by atoms with Gasteiger partial charge in [-0.25, -0.2) is 4.79 Å². The number of halogens is 1. The Morgan fingerprint density at radius 2 is 2.24 bits per heavy atom. The highest BCUT2D eigenvalue weighted by Gasteiger charge is 2.19. The molecule has 0 aliphatic heterocycles. The number of carbonyl (C=O) groups excluding carboxylic acids is 1. The van der Waals surface area contributed by atoms with Gasteiger partial charge in [0.05, 0.1) is 12.0 Å². The van der Waals surface area contributed by atoms with E-state index in [4.69, 9.17) is 0 Å². The van der Waals surface area contributed by atoms with E-state index < -0.39 is 16.9 Å². The Bertz CT molecular complexity index is 450. The molecule has 0 spiro atoms. The van der Waals surface area contributed by atoms with Crippen LogP contribution in [0.4, 0.5) is 11.4 Å². The molecule has 0 amide bonds. The summed E-state index contributed by atoms with van der Waals surface area (Å²) in [6, 6.07) is 3.80. The molecule has 0 aromatic heterocycles. The maximum absolute atomic E-state index is 11.2. The number of hydrogen-bond donors (Lipinski definition) is 1. The molecule has 0 radical (unpaired) electrons. The van der Waals surface area contributed by atoms with Crippen LogP contribution in [0.15, 0.2) is 22.7 Å². The largest absolute Gasteiger partial charge is 0.467 e. The molecular formula is C10H11BrN2O4. The van der Waals surface area contributed by atoms with Crippen molar-refractivity contribution in [2.24, 2.45) is 0 Å². The zero-order chi connectivity index (χ0) is 13.0. The van der Waals surface area contributed by atoms with Crippen molar-refractivity contribution in [1.29, 1.82) is 0 Å². The van der Waals surface area contributed by atoms with E-state index in [0.29, 0.717) is 4.47 Å². The normalized spacial score (nSPS) is 11.7. The lowest BCUT2D eigenvalue weighted by Gasteiger charge is -2.13. The van der Waals surface area contributed by atoms with Crippen LogP contribution in [0.3, 0.4) is 0 Å². The fourth-order valence-electron chi connectivity index (χ4n) is 1.25. The molecular weight excluding hydrogens is 292 g/mol. The van der Waals surface area contributed by atoms with E-state index in [0.717, 1.165) is 0 Å². The lowest BCUT2D eigenvalue weighted by atomic mass is 10.2. The number of ether oxygens (including phenoxy) is 1. The predicted octanol–water partition coefficient (Wildman–Crippen LogP) is 2.33. The number of rotatable bonds is 4. The molecule has 1 aromatic carbocycles. The van der Waals surface area contributed by atoms with Crippen LogP contribution in [0, 0.1) is 10.1 Å². The minimum absolute atomic E-state index is 0.0936. The number of nitrogens with zero attached hydrogens (tertiary/aromatic N) is 1. The van der Waals surface area contributed by atoms with Gasteiger partial charge in [0.1, 0.15) is 11.7 Å². The molecule has 1 N–H and O–H groups in total. The summed E-state index contributed by atoms with van der Waals surface area (Å²) >= 11 is 3.21. The number of benzene rings is 1. The summed E-state index contributed by atoms with van der Waals surface area (Å²) in [5.74, 6) is -0.487. The fraction of sp³-hybridized carbons (Fsp3) is 0.300. The molecule has 17 heavy (non-hydrogen) atoms. The number of hydrogen-bond acceptors (Lipinski definition) is 5. The summed E-state index contributed by atoms with van der Waals surface area (Å²) in [4.78, 5) is 21.5.